The topological polar surface area (TPSA) is 140 Å². The summed E-state index contributed by atoms with van der Waals surface area (Å²) in [5, 5.41) is 0. The fraction of sp³-hybridized carbons (Fsp3) is 0.600. The molecule has 0 heterocycles. The Morgan fingerprint density at radius 2 is 1.43 bits per heavy atom. The van der Waals surface area contributed by atoms with Crippen LogP contribution in [0.3, 0.4) is 0 Å². The molecule has 10 heteroatoms. The third-order valence-corrected chi connectivity index (χ3v) is 4.95. The van der Waals surface area contributed by atoms with E-state index >= 15 is 0 Å². The molecular formula is C25H37NO9. The summed E-state index contributed by atoms with van der Waals surface area (Å²) in [6.07, 6.45) is -1.28. The summed E-state index contributed by atoms with van der Waals surface area (Å²) in [7, 11) is 0. The third kappa shape index (κ3) is 11.2. The average Bonchev–Trinajstić information content (AvgIpc) is 2.79. The molecule has 0 aliphatic rings. The fourth-order valence-corrected chi connectivity index (χ4v) is 2.60. The van der Waals surface area contributed by atoms with Gasteiger partial charge in [0, 0.05) is 12.8 Å². The highest BCUT2D eigenvalue weighted by molar-refractivity contribution is 5.77. The fourth-order valence-electron chi connectivity index (χ4n) is 2.60. The maximum atomic E-state index is 12.5. The summed E-state index contributed by atoms with van der Waals surface area (Å²) >= 11 is 0. The van der Waals surface area contributed by atoms with Crippen LogP contribution in [-0.2, 0) is 35.0 Å². The highest BCUT2D eigenvalue weighted by Gasteiger charge is 2.25. The SMILES string of the molecule is CCC(=O)Oc1ccc(C[C@H](N)C(=O)O[C@@H](C)[C@H](C)OC(=O)OCCC(C)C)cc1OC(=O)CC. The molecule has 0 bridgehead atoms. The van der Waals surface area contributed by atoms with E-state index in [4.69, 9.17) is 29.4 Å². The van der Waals surface area contributed by atoms with Gasteiger partial charge in [0.1, 0.15) is 18.2 Å². The molecule has 0 radical (unpaired) electrons. The number of carbonyl (C=O) groups is 4. The second-order valence-corrected chi connectivity index (χ2v) is 8.49. The van der Waals surface area contributed by atoms with Crippen LogP contribution in [0.4, 0.5) is 4.79 Å². The Morgan fingerprint density at radius 1 is 0.857 bits per heavy atom. The van der Waals surface area contributed by atoms with Crippen molar-refractivity contribution in [3.05, 3.63) is 23.8 Å². The largest absolute Gasteiger partial charge is 0.508 e. The van der Waals surface area contributed by atoms with Gasteiger partial charge in [0.05, 0.1) is 6.61 Å². The van der Waals surface area contributed by atoms with Crippen LogP contribution in [0.1, 0.15) is 66.4 Å². The molecule has 0 spiro atoms. The minimum absolute atomic E-state index is 0.0584. The Hall–Kier alpha value is -3.14. The molecule has 0 fully saturated rings. The van der Waals surface area contributed by atoms with Gasteiger partial charge in [-0.05, 0) is 50.3 Å². The smallest absolute Gasteiger partial charge is 0.458 e. The van der Waals surface area contributed by atoms with E-state index in [1.165, 1.54) is 12.1 Å². The van der Waals surface area contributed by atoms with Crippen LogP contribution in [-0.4, -0.2) is 48.9 Å². The molecule has 1 rings (SSSR count). The molecule has 2 N–H and O–H groups in total. The van der Waals surface area contributed by atoms with Gasteiger partial charge in [-0.25, -0.2) is 4.79 Å². The lowest BCUT2D eigenvalue weighted by molar-refractivity contribution is -0.155. The quantitative estimate of drug-likeness (QED) is 0.318. The van der Waals surface area contributed by atoms with Crippen molar-refractivity contribution >= 4 is 24.1 Å². The standard InChI is InChI=1S/C25H37NO9/c1-7-22(27)34-20-10-9-18(14-21(20)35-23(28)8-2)13-19(26)24(29)32-16(5)17(6)33-25(30)31-12-11-15(3)4/h9-10,14-17,19H,7-8,11-13,26H2,1-6H3/t16-,17-,19-/m0/s1. The van der Waals surface area contributed by atoms with E-state index in [1.54, 1.807) is 33.8 Å². The lowest BCUT2D eigenvalue weighted by Gasteiger charge is -2.22. The molecule has 1 aromatic carbocycles. The van der Waals surface area contributed by atoms with Gasteiger partial charge < -0.3 is 29.4 Å². The Morgan fingerprint density at radius 3 is 2.00 bits per heavy atom. The van der Waals surface area contributed by atoms with E-state index in [-0.39, 0.29) is 37.4 Å². The van der Waals surface area contributed by atoms with E-state index in [1.807, 2.05) is 13.8 Å². The van der Waals surface area contributed by atoms with Gasteiger partial charge in [0.2, 0.25) is 0 Å². The maximum Gasteiger partial charge on any atom is 0.508 e. The molecule has 0 aliphatic carbocycles. The van der Waals surface area contributed by atoms with E-state index in [0.29, 0.717) is 17.9 Å². The first kappa shape index (κ1) is 29.9. The molecule has 0 amide bonds. The van der Waals surface area contributed by atoms with E-state index in [2.05, 4.69) is 0 Å². The number of hydrogen-bond acceptors (Lipinski definition) is 10. The van der Waals surface area contributed by atoms with E-state index in [0.717, 1.165) is 0 Å². The van der Waals surface area contributed by atoms with Gasteiger partial charge in [-0.15, -0.1) is 0 Å². The number of nitrogens with two attached hydrogens (primary N) is 1. The number of benzene rings is 1. The zero-order valence-corrected chi connectivity index (χ0v) is 21.3. The van der Waals surface area contributed by atoms with Crippen molar-refractivity contribution in [2.45, 2.75) is 85.5 Å². The van der Waals surface area contributed by atoms with Crippen molar-refractivity contribution in [2.75, 3.05) is 6.61 Å². The zero-order valence-electron chi connectivity index (χ0n) is 21.3. The molecule has 1 aromatic rings. The first-order valence-corrected chi connectivity index (χ1v) is 11.8. The van der Waals surface area contributed by atoms with Gasteiger partial charge >= 0.3 is 24.1 Å². The van der Waals surface area contributed by atoms with E-state index < -0.39 is 42.3 Å². The molecule has 3 atom stereocenters. The molecule has 0 saturated carbocycles. The summed E-state index contributed by atoms with van der Waals surface area (Å²) in [4.78, 5) is 47.7. The van der Waals surface area contributed by atoms with Crippen LogP contribution in [0.5, 0.6) is 11.5 Å². The Labute approximate surface area is 206 Å². The van der Waals surface area contributed by atoms with Gasteiger partial charge in [-0.2, -0.15) is 0 Å². The van der Waals surface area contributed by atoms with Crippen molar-refractivity contribution in [1.82, 2.24) is 0 Å². The Bertz CT molecular complexity index is 868. The summed E-state index contributed by atoms with van der Waals surface area (Å²) < 4.78 is 25.9. The first-order chi connectivity index (χ1) is 16.5. The summed E-state index contributed by atoms with van der Waals surface area (Å²) in [6, 6.07) is 3.53. The predicted octanol–water partition coefficient (Wildman–Crippen LogP) is 3.71. The molecular weight excluding hydrogens is 458 g/mol. The number of esters is 3. The maximum absolute atomic E-state index is 12.5. The minimum Gasteiger partial charge on any atom is -0.458 e. The van der Waals surface area contributed by atoms with Gasteiger partial charge in [0.25, 0.3) is 0 Å². The van der Waals surface area contributed by atoms with Crippen LogP contribution in [0, 0.1) is 5.92 Å². The van der Waals surface area contributed by atoms with Crippen LogP contribution in [0.2, 0.25) is 0 Å². The molecule has 0 aromatic heterocycles. The average molecular weight is 496 g/mol. The highest BCUT2D eigenvalue weighted by Crippen LogP contribution is 2.30. The number of rotatable bonds is 13. The van der Waals surface area contributed by atoms with E-state index in [9.17, 15) is 19.2 Å². The summed E-state index contributed by atoms with van der Waals surface area (Å²) in [5.41, 5.74) is 6.58. The van der Waals surface area contributed by atoms with Crippen molar-refractivity contribution < 1.29 is 42.9 Å². The van der Waals surface area contributed by atoms with Crippen molar-refractivity contribution in [3.63, 3.8) is 0 Å². The molecule has 0 aliphatic heterocycles. The van der Waals surface area contributed by atoms with Crippen LogP contribution in [0.25, 0.3) is 0 Å². The van der Waals surface area contributed by atoms with Gasteiger partial charge in [0.15, 0.2) is 11.5 Å². The van der Waals surface area contributed by atoms with Crippen molar-refractivity contribution in [1.29, 1.82) is 0 Å². The molecule has 35 heavy (non-hydrogen) atoms. The lowest BCUT2D eigenvalue weighted by Crippen LogP contribution is -2.39. The molecule has 0 unspecified atom stereocenters. The normalized spacial score (nSPS) is 13.4. The summed E-state index contributed by atoms with van der Waals surface area (Å²) in [5.74, 6) is -1.15. The van der Waals surface area contributed by atoms with Gasteiger partial charge in [-0.3, -0.25) is 14.4 Å². The van der Waals surface area contributed by atoms with Crippen LogP contribution >= 0.6 is 0 Å². The van der Waals surface area contributed by atoms with Crippen LogP contribution < -0.4 is 15.2 Å². The first-order valence-electron chi connectivity index (χ1n) is 11.8. The predicted molar refractivity (Wildman–Crippen MR) is 127 cm³/mol. The number of ether oxygens (including phenoxy) is 5. The molecule has 10 nitrogen and oxygen atoms in total. The molecule has 0 saturated heterocycles. The molecule has 196 valence electrons. The summed E-state index contributed by atoms with van der Waals surface area (Å²) in [6.45, 7) is 10.7. The zero-order chi connectivity index (χ0) is 26.5. The number of hydrogen-bond donors (Lipinski definition) is 1. The van der Waals surface area contributed by atoms with Gasteiger partial charge in [-0.1, -0.05) is 33.8 Å². The number of carbonyl (C=O) groups excluding carboxylic acids is 4. The monoisotopic (exact) mass is 495 g/mol. The highest BCUT2D eigenvalue weighted by atomic mass is 16.7. The Kier molecular flexibility index (Phi) is 12.8. The van der Waals surface area contributed by atoms with Crippen molar-refractivity contribution in [2.24, 2.45) is 11.7 Å². The minimum atomic E-state index is -1.04. The second-order valence-electron chi connectivity index (χ2n) is 8.49. The van der Waals surface area contributed by atoms with Crippen molar-refractivity contribution in [3.8, 4) is 11.5 Å². The Balaban J connectivity index is 2.73. The lowest BCUT2D eigenvalue weighted by atomic mass is 10.1. The third-order valence-electron chi connectivity index (χ3n) is 4.95. The van der Waals surface area contributed by atoms with Crippen LogP contribution in [0.15, 0.2) is 18.2 Å². The second kappa shape index (κ2) is 15.0.